The molecule has 1 aromatic carbocycles. The van der Waals surface area contributed by atoms with Crippen LogP contribution in [0.1, 0.15) is 12.1 Å². The van der Waals surface area contributed by atoms with Crippen LogP contribution in [0.4, 0.5) is 0 Å². The molecule has 0 radical (unpaired) electrons. The Morgan fingerprint density at radius 3 is 2.81 bits per heavy atom. The smallest absolute Gasteiger partial charge is 0.303 e. The van der Waals surface area contributed by atoms with Gasteiger partial charge in [-0.15, -0.1) is 0 Å². The van der Waals surface area contributed by atoms with Gasteiger partial charge in [-0.05, 0) is 17.7 Å². The molecule has 16 heavy (non-hydrogen) atoms. The first kappa shape index (κ1) is 10.8. The van der Waals surface area contributed by atoms with E-state index in [1.807, 2.05) is 24.3 Å². The number of rotatable bonds is 3. The average molecular weight is 237 g/mol. The third-order valence-corrected chi connectivity index (χ3v) is 2.40. The fourth-order valence-corrected chi connectivity index (χ4v) is 1.72. The highest BCUT2D eigenvalue weighted by atomic mass is 35.5. The van der Waals surface area contributed by atoms with Gasteiger partial charge in [0, 0.05) is 11.8 Å². The summed E-state index contributed by atoms with van der Waals surface area (Å²) in [5.41, 5.74) is 1.42. The van der Waals surface area contributed by atoms with E-state index in [1.54, 1.807) is 0 Å². The molecule has 0 saturated carbocycles. The SMILES string of the molecule is O=C(O)CCc1nc(Cl)nc2ccccc12. The van der Waals surface area contributed by atoms with Crippen LogP contribution >= 0.6 is 11.6 Å². The van der Waals surface area contributed by atoms with E-state index >= 15 is 0 Å². The molecule has 0 aliphatic heterocycles. The van der Waals surface area contributed by atoms with Gasteiger partial charge in [0.15, 0.2) is 0 Å². The summed E-state index contributed by atoms with van der Waals surface area (Å²) in [5.74, 6) is -0.848. The zero-order chi connectivity index (χ0) is 11.5. The standard InChI is InChI=1S/C11H9ClN2O2/c12-11-13-8-4-2-1-3-7(8)9(14-11)5-6-10(15)16/h1-4H,5-6H2,(H,15,16). The number of hydrogen-bond acceptors (Lipinski definition) is 3. The summed E-state index contributed by atoms with van der Waals surface area (Å²) in [5, 5.41) is 9.65. The number of nitrogens with zero attached hydrogens (tertiary/aromatic N) is 2. The Kier molecular flexibility index (Phi) is 3.01. The van der Waals surface area contributed by atoms with E-state index in [2.05, 4.69) is 9.97 Å². The van der Waals surface area contributed by atoms with Crippen LogP contribution in [0, 0.1) is 0 Å². The summed E-state index contributed by atoms with van der Waals surface area (Å²) < 4.78 is 0. The number of aliphatic carboxylic acids is 1. The van der Waals surface area contributed by atoms with Crippen LogP contribution in [-0.2, 0) is 11.2 Å². The number of carbonyl (C=O) groups is 1. The zero-order valence-corrected chi connectivity index (χ0v) is 9.11. The largest absolute Gasteiger partial charge is 0.481 e. The molecule has 4 nitrogen and oxygen atoms in total. The van der Waals surface area contributed by atoms with E-state index in [-0.39, 0.29) is 11.7 Å². The monoisotopic (exact) mass is 236 g/mol. The van der Waals surface area contributed by atoms with E-state index in [0.717, 1.165) is 10.9 Å². The highest BCUT2D eigenvalue weighted by molar-refractivity contribution is 6.28. The van der Waals surface area contributed by atoms with Crippen molar-refractivity contribution in [3.63, 3.8) is 0 Å². The minimum absolute atomic E-state index is 0.0390. The Hall–Kier alpha value is -1.68. The minimum Gasteiger partial charge on any atom is -0.481 e. The van der Waals surface area contributed by atoms with E-state index in [0.29, 0.717) is 12.1 Å². The Morgan fingerprint density at radius 2 is 2.06 bits per heavy atom. The number of carboxylic acids is 1. The van der Waals surface area contributed by atoms with Crippen LogP contribution in [0.5, 0.6) is 0 Å². The van der Waals surface area contributed by atoms with Crippen LogP contribution in [0.15, 0.2) is 24.3 Å². The molecule has 0 saturated heterocycles. The van der Waals surface area contributed by atoms with Crippen molar-refractivity contribution in [1.82, 2.24) is 9.97 Å². The van der Waals surface area contributed by atoms with Crippen LogP contribution in [0.3, 0.4) is 0 Å². The summed E-state index contributed by atoms with van der Waals surface area (Å²) in [7, 11) is 0. The molecule has 0 spiro atoms. The number of fused-ring (bicyclic) bond motifs is 1. The highest BCUT2D eigenvalue weighted by Gasteiger charge is 2.07. The van der Waals surface area contributed by atoms with Gasteiger partial charge in [0.2, 0.25) is 5.28 Å². The molecule has 0 amide bonds. The second kappa shape index (κ2) is 4.45. The van der Waals surface area contributed by atoms with Gasteiger partial charge in [-0.3, -0.25) is 4.79 Å². The first-order valence-electron chi connectivity index (χ1n) is 4.80. The lowest BCUT2D eigenvalue weighted by Crippen LogP contribution is -2.01. The quantitative estimate of drug-likeness (QED) is 0.831. The van der Waals surface area contributed by atoms with Crippen LogP contribution in [0.25, 0.3) is 10.9 Å². The second-order valence-electron chi connectivity index (χ2n) is 3.35. The van der Waals surface area contributed by atoms with Gasteiger partial charge in [-0.25, -0.2) is 9.97 Å². The van der Waals surface area contributed by atoms with Gasteiger partial charge in [0.05, 0.1) is 17.6 Å². The van der Waals surface area contributed by atoms with Crippen LogP contribution in [0.2, 0.25) is 5.28 Å². The van der Waals surface area contributed by atoms with Crippen molar-refractivity contribution in [2.45, 2.75) is 12.8 Å². The van der Waals surface area contributed by atoms with E-state index in [1.165, 1.54) is 0 Å². The first-order valence-corrected chi connectivity index (χ1v) is 5.17. The Morgan fingerprint density at radius 1 is 1.31 bits per heavy atom. The Bertz CT molecular complexity index is 542. The second-order valence-corrected chi connectivity index (χ2v) is 3.69. The average Bonchev–Trinajstić information content (AvgIpc) is 2.25. The van der Waals surface area contributed by atoms with E-state index in [4.69, 9.17) is 16.7 Å². The maximum atomic E-state index is 10.5. The molecule has 0 fully saturated rings. The summed E-state index contributed by atoms with van der Waals surface area (Å²) in [4.78, 5) is 18.7. The number of carboxylic acid groups (broad SMARTS) is 1. The molecule has 1 aromatic heterocycles. The summed E-state index contributed by atoms with van der Waals surface area (Å²) in [6.07, 6.45) is 0.398. The molecule has 2 rings (SSSR count). The molecule has 2 aromatic rings. The molecule has 0 unspecified atom stereocenters. The lowest BCUT2D eigenvalue weighted by molar-refractivity contribution is -0.136. The molecule has 0 atom stereocenters. The predicted octanol–water partition coefficient (Wildman–Crippen LogP) is 2.30. The number of aromatic nitrogens is 2. The van der Waals surface area contributed by atoms with Gasteiger partial charge >= 0.3 is 5.97 Å². The van der Waals surface area contributed by atoms with Crippen molar-refractivity contribution in [1.29, 1.82) is 0 Å². The summed E-state index contributed by atoms with van der Waals surface area (Å²) in [6, 6.07) is 7.41. The third kappa shape index (κ3) is 2.28. The van der Waals surface area contributed by atoms with Gasteiger partial charge in [0.1, 0.15) is 0 Å². The first-order chi connectivity index (χ1) is 7.66. The number of hydrogen-bond donors (Lipinski definition) is 1. The fraction of sp³-hybridized carbons (Fsp3) is 0.182. The van der Waals surface area contributed by atoms with Crippen molar-refractivity contribution >= 4 is 28.5 Å². The lowest BCUT2D eigenvalue weighted by Gasteiger charge is -2.04. The van der Waals surface area contributed by atoms with Crippen LogP contribution in [-0.4, -0.2) is 21.0 Å². The molecule has 82 valence electrons. The molecule has 0 aliphatic carbocycles. The number of benzene rings is 1. The van der Waals surface area contributed by atoms with Gasteiger partial charge in [0.25, 0.3) is 0 Å². The maximum Gasteiger partial charge on any atom is 0.303 e. The van der Waals surface area contributed by atoms with Crippen LogP contribution < -0.4 is 0 Å². The van der Waals surface area contributed by atoms with Crippen molar-refractivity contribution in [2.24, 2.45) is 0 Å². The molecular formula is C11H9ClN2O2. The van der Waals surface area contributed by atoms with Crippen molar-refractivity contribution in [3.05, 3.63) is 35.2 Å². The van der Waals surface area contributed by atoms with Gasteiger partial charge in [-0.2, -0.15) is 0 Å². The lowest BCUT2D eigenvalue weighted by atomic mass is 10.1. The predicted molar refractivity (Wildman–Crippen MR) is 60.5 cm³/mol. The highest BCUT2D eigenvalue weighted by Crippen LogP contribution is 2.18. The molecule has 5 heteroatoms. The number of aryl methyl sites for hydroxylation is 1. The minimum atomic E-state index is -0.848. The van der Waals surface area contributed by atoms with E-state index in [9.17, 15) is 4.79 Å². The normalized spacial score (nSPS) is 10.6. The Labute approximate surface area is 96.9 Å². The van der Waals surface area contributed by atoms with Crippen molar-refractivity contribution in [3.8, 4) is 0 Å². The summed E-state index contributed by atoms with van der Waals surface area (Å²) in [6.45, 7) is 0. The zero-order valence-electron chi connectivity index (χ0n) is 8.35. The maximum absolute atomic E-state index is 10.5. The molecule has 1 N–H and O–H groups in total. The molecule has 0 aliphatic rings. The van der Waals surface area contributed by atoms with E-state index < -0.39 is 5.97 Å². The summed E-state index contributed by atoms with van der Waals surface area (Å²) >= 11 is 5.77. The third-order valence-electron chi connectivity index (χ3n) is 2.23. The molecule has 1 heterocycles. The van der Waals surface area contributed by atoms with Crippen molar-refractivity contribution in [2.75, 3.05) is 0 Å². The fourth-order valence-electron chi connectivity index (χ4n) is 1.53. The molecular weight excluding hydrogens is 228 g/mol. The van der Waals surface area contributed by atoms with Crippen molar-refractivity contribution < 1.29 is 9.90 Å². The molecule has 0 bridgehead atoms. The van der Waals surface area contributed by atoms with Gasteiger partial charge < -0.3 is 5.11 Å². The Balaban J connectivity index is 2.46. The van der Waals surface area contributed by atoms with Gasteiger partial charge in [-0.1, -0.05) is 18.2 Å². The topological polar surface area (TPSA) is 63.1 Å². The number of halogens is 1. The number of para-hydroxylation sites is 1.